The summed E-state index contributed by atoms with van der Waals surface area (Å²) in [5, 5.41) is 12.5. The van der Waals surface area contributed by atoms with Crippen molar-refractivity contribution in [2.45, 2.75) is 50.7 Å². The number of hydrogen-bond acceptors (Lipinski definition) is 4. The predicted molar refractivity (Wildman–Crippen MR) is 73.0 cm³/mol. The van der Waals surface area contributed by atoms with Gasteiger partial charge in [0.2, 0.25) is 0 Å². The Bertz CT molecular complexity index is 499. The summed E-state index contributed by atoms with van der Waals surface area (Å²) in [6, 6.07) is 6.27. The van der Waals surface area contributed by atoms with E-state index in [1.165, 1.54) is 12.8 Å². The smallest absolute Gasteiger partial charge is 0.144 e. The van der Waals surface area contributed by atoms with E-state index in [9.17, 15) is 5.26 Å². The summed E-state index contributed by atoms with van der Waals surface area (Å²) in [6.07, 6.45) is 4.88. The van der Waals surface area contributed by atoms with Crippen LogP contribution in [0, 0.1) is 11.3 Å². The standard InChI is InChI=1S/C15H19N3O/c1-10(14-3-2-8-19-14)17-15-12(9-16)6-7-13(18-15)11-4-5-11/h6-7,10-11,14H,2-5,8H2,1H3,(H,17,18). The molecule has 4 nitrogen and oxygen atoms in total. The number of aromatic nitrogens is 1. The number of nitriles is 1. The molecule has 2 fully saturated rings. The Balaban J connectivity index is 1.77. The number of hydrogen-bond donors (Lipinski definition) is 1. The quantitative estimate of drug-likeness (QED) is 0.901. The van der Waals surface area contributed by atoms with Crippen LogP contribution in [0.3, 0.4) is 0 Å². The van der Waals surface area contributed by atoms with Crippen LogP contribution < -0.4 is 5.32 Å². The second-order valence-corrected chi connectivity index (χ2v) is 5.50. The highest BCUT2D eigenvalue weighted by molar-refractivity contribution is 5.53. The number of rotatable bonds is 4. The highest BCUT2D eigenvalue weighted by Crippen LogP contribution is 2.39. The lowest BCUT2D eigenvalue weighted by atomic mass is 10.1. The molecule has 1 saturated carbocycles. The highest BCUT2D eigenvalue weighted by Gasteiger charge is 2.27. The van der Waals surface area contributed by atoms with Gasteiger partial charge in [-0.2, -0.15) is 5.26 Å². The van der Waals surface area contributed by atoms with E-state index >= 15 is 0 Å². The van der Waals surface area contributed by atoms with Gasteiger partial charge in [-0.15, -0.1) is 0 Å². The van der Waals surface area contributed by atoms with Crippen molar-refractivity contribution in [3.63, 3.8) is 0 Å². The lowest BCUT2D eigenvalue weighted by Gasteiger charge is -2.21. The van der Waals surface area contributed by atoms with Gasteiger partial charge in [-0.1, -0.05) is 0 Å². The van der Waals surface area contributed by atoms with Crippen molar-refractivity contribution in [2.75, 3.05) is 11.9 Å². The average Bonchev–Trinajstić information content (AvgIpc) is 3.13. The van der Waals surface area contributed by atoms with Crippen molar-refractivity contribution < 1.29 is 4.74 Å². The fourth-order valence-corrected chi connectivity index (χ4v) is 2.59. The third-order valence-corrected chi connectivity index (χ3v) is 3.92. The number of anilines is 1. The Morgan fingerprint density at radius 2 is 2.26 bits per heavy atom. The molecule has 1 aromatic heterocycles. The van der Waals surface area contributed by atoms with Crippen molar-refractivity contribution in [3.8, 4) is 6.07 Å². The SMILES string of the molecule is CC(Nc1nc(C2CC2)ccc1C#N)C1CCCO1. The van der Waals surface area contributed by atoms with Crippen LogP contribution in [0.2, 0.25) is 0 Å². The van der Waals surface area contributed by atoms with Gasteiger partial charge in [-0.3, -0.25) is 0 Å². The van der Waals surface area contributed by atoms with E-state index in [0.29, 0.717) is 11.5 Å². The van der Waals surface area contributed by atoms with Crippen LogP contribution in [0.5, 0.6) is 0 Å². The minimum Gasteiger partial charge on any atom is -0.376 e. The van der Waals surface area contributed by atoms with Crippen molar-refractivity contribution in [1.29, 1.82) is 5.26 Å². The number of nitrogens with zero attached hydrogens (tertiary/aromatic N) is 2. The fraction of sp³-hybridized carbons (Fsp3) is 0.600. The molecule has 2 aliphatic rings. The van der Waals surface area contributed by atoms with Crippen molar-refractivity contribution in [3.05, 3.63) is 23.4 Å². The maximum absolute atomic E-state index is 9.18. The Morgan fingerprint density at radius 1 is 1.42 bits per heavy atom. The molecule has 1 aliphatic carbocycles. The molecule has 4 heteroatoms. The number of nitrogens with one attached hydrogen (secondary N) is 1. The summed E-state index contributed by atoms with van der Waals surface area (Å²) in [4.78, 5) is 4.63. The first-order valence-corrected chi connectivity index (χ1v) is 7.07. The van der Waals surface area contributed by atoms with Gasteiger partial charge in [-0.05, 0) is 44.7 Å². The van der Waals surface area contributed by atoms with Crippen LogP contribution in [-0.4, -0.2) is 23.7 Å². The Labute approximate surface area is 113 Å². The van der Waals surface area contributed by atoms with Crippen LogP contribution >= 0.6 is 0 Å². The average molecular weight is 257 g/mol. The first-order chi connectivity index (χ1) is 9.28. The number of ether oxygens (including phenoxy) is 1. The van der Waals surface area contributed by atoms with Gasteiger partial charge in [-0.25, -0.2) is 4.98 Å². The van der Waals surface area contributed by atoms with E-state index in [0.717, 1.165) is 31.0 Å². The lowest BCUT2D eigenvalue weighted by Crippen LogP contribution is -2.30. The fourth-order valence-electron chi connectivity index (χ4n) is 2.59. The number of pyridine rings is 1. The topological polar surface area (TPSA) is 57.9 Å². The molecule has 1 aromatic rings. The maximum Gasteiger partial charge on any atom is 0.144 e. The molecule has 0 spiro atoms. The molecule has 1 N–H and O–H groups in total. The molecule has 3 rings (SSSR count). The first-order valence-electron chi connectivity index (χ1n) is 7.07. The lowest BCUT2D eigenvalue weighted by molar-refractivity contribution is 0.0995. The molecule has 1 aliphatic heterocycles. The molecule has 2 atom stereocenters. The molecule has 100 valence electrons. The summed E-state index contributed by atoms with van der Waals surface area (Å²) in [6.45, 7) is 2.94. The van der Waals surface area contributed by atoms with Crippen LogP contribution in [0.25, 0.3) is 0 Å². The molecular formula is C15H19N3O. The minimum atomic E-state index is 0.191. The zero-order valence-electron chi connectivity index (χ0n) is 11.2. The van der Waals surface area contributed by atoms with Crippen LogP contribution in [-0.2, 0) is 4.74 Å². The normalized spacial score (nSPS) is 23.9. The van der Waals surface area contributed by atoms with Gasteiger partial charge in [0.25, 0.3) is 0 Å². The first kappa shape index (κ1) is 12.4. The Kier molecular flexibility index (Phi) is 3.39. The van der Waals surface area contributed by atoms with E-state index in [-0.39, 0.29) is 12.1 Å². The van der Waals surface area contributed by atoms with Crippen LogP contribution in [0.15, 0.2) is 12.1 Å². The summed E-state index contributed by atoms with van der Waals surface area (Å²) < 4.78 is 5.68. The van der Waals surface area contributed by atoms with Gasteiger partial charge in [0.15, 0.2) is 0 Å². The van der Waals surface area contributed by atoms with Gasteiger partial charge in [0.1, 0.15) is 11.9 Å². The third kappa shape index (κ3) is 2.71. The van der Waals surface area contributed by atoms with Gasteiger partial charge in [0, 0.05) is 18.2 Å². The van der Waals surface area contributed by atoms with Gasteiger partial charge >= 0.3 is 0 Å². The molecule has 2 unspecified atom stereocenters. The van der Waals surface area contributed by atoms with Crippen molar-refractivity contribution >= 4 is 5.82 Å². The molecule has 1 saturated heterocycles. The Morgan fingerprint density at radius 3 is 2.89 bits per heavy atom. The van der Waals surface area contributed by atoms with E-state index < -0.39 is 0 Å². The highest BCUT2D eigenvalue weighted by atomic mass is 16.5. The molecule has 0 aromatic carbocycles. The second kappa shape index (κ2) is 5.18. The second-order valence-electron chi connectivity index (χ2n) is 5.50. The van der Waals surface area contributed by atoms with E-state index in [1.54, 1.807) is 0 Å². The summed E-state index contributed by atoms with van der Waals surface area (Å²) in [5.41, 5.74) is 1.73. The van der Waals surface area contributed by atoms with Crippen LogP contribution in [0.1, 0.15) is 49.8 Å². The molecule has 0 bridgehead atoms. The van der Waals surface area contributed by atoms with Crippen LogP contribution in [0.4, 0.5) is 5.82 Å². The molecular weight excluding hydrogens is 238 g/mol. The van der Waals surface area contributed by atoms with Crippen molar-refractivity contribution in [1.82, 2.24) is 4.98 Å². The van der Waals surface area contributed by atoms with E-state index in [1.807, 2.05) is 12.1 Å². The van der Waals surface area contributed by atoms with E-state index in [4.69, 9.17) is 4.74 Å². The predicted octanol–water partition coefficient (Wildman–Crippen LogP) is 2.81. The maximum atomic E-state index is 9.18. The molecule has 0 radical (unpaired) electrons. The van der Waals surface area contributed by atoms with Gasteiger partial charge < -0.3 is 10.1 Å². The minimum absolute atomic E-state index is 0.191. The third-order valence-electron chi connectivity index (χ3n) is 3.92. The van der Waals surface area contributed by atoms with Gasteiger partial charge in [0.05, 0.1) is 17.7 Å². The van der Waals surface area contributed by atoms with E-state index in [2.05, 4.69) is 23.3 Å². The van der Waals surface area contributed by atoms with Crippen molar-refractivity contribution in [2.24, 2.45) is 0 Å². The Hall–Kier alpha value is -1.60. The monoisotopic (exact) mass is 257 g/mol. The molecule has 0 amide bonds. The molecule has 19 heavy (non-hydrogen) atoms. The summed E-state index contributed by atoms with van der Waals surface area (Å²) in [5.74, 6) is 1.32. The zero-order valence-corrected chi connectivity index (χ0v) is 11.2. The zero-order chi connectivity index (χ0) is 13.2. The summed E-state index contributed by atoms with van der Waals surface area (Å²) >= 11 is 0. The largest absolute Gasteiger partial charge is 0.376 e. The summed E-state index contributed by atoms with van der Waals surface area (Å²) in [7, 11) is 0. The molecule has 2 heterocycles.